The van der Waals surface area contributed by atoms with Crippen LogP contribution in [-0.2, 0) is 4.79 Å². The van der Waals surface area contributed by atoms with Crippen LogP contribution < -0.4 is 11.1 Å². The van der Waals surface area contributed by atoms with Gasteiger partial charge in [-0.2, -0.15) is 0 Å². The summed E-state index contributed by atoms with van der Waals surface area (Å²) in [5.74, 6) is 0.173. The quantitative estimate of drug-likeness (QED) is 0.661. The number of carbonyl (C=O) groups is 1. The van der Waals surface area contributed by atoms with Gasteiger partial charge >= 0.3 is 0 Å². The first kappa shape index (κ1) is 13.5. The van der Waals surface area contributed by atoms with Crippen molar-refractivity contribution in [2.24, 2.45) is 17.1 Å². The van der Waals surface area contributed by atoms with E-state index in [1.807, 2.05) is 0 Å². The van der Waals surface area contributed by atoms with Crippen LogP contribution in [0.15, 0.2) is 0 Å². The van der Waals surface area contributed by atoms with Gasteiger partial charge in [0.2, 0.25) is 5.91 Å². The van der Waals surface area contributed by atoms with Gasteiger partial charge in [-0.3, -0.25) is 4.79 Å². The number of nitrogens with two attached hydrogens (primary N) is 1. The highest BCUT2D eigenvalue weighted by Crippen LogP contribution is 2.42. The maximum atomic E-state index is 11.9. The van der Waals surface area contributed by atoms with Crippen molar-refractivity contribution in [3.63, 3.8) is 0 Å². The third kappa shape index (κ3) is 3.19. The third-order valence-corrected chi connectivity index (χ3v) is 3.71. The van der Waals surface area contributed by atoms with Crippen LogP contribution in [0.5, 0.6) is 0 Å². The number of aliphatic hydroxyl groups is 1. The fourth-order valence-corrected chi connectivity index (χ4v) is 2.32. The molecule has 0 spiro atoms. The first-order chi connectivity index (χ1) is 7.34. The Morgan fingerprint density at radius 2 is 2.25 bits per heavy atom. The number of hydrogen-bond acceptors (Lipinski definition) is 3. The highest BCUT2D eigenvalue weighted by atomic mass is 16.3. The minimum atomic E-state index is -0.586. The number of aliphatic hydroxyl groups excluding tert-OH is 1. The van der Waals surface area contributed by atoms with Gasteiger partial charge in [0, 0.05) is 18.5 Å². The topological polar surface area (TPSA) is 75.3 Å². The Morgan fingerprint density at radius 1 is 1.62 bits per heavy atom. The van der Waals surface area contributed by atoms with Crippen molar-refractivity contribution >= 4 is 5.91 Å². The van der Waals surface area contributed by atoms with Crippen molar-refractivity contribution in [1.82, 2.24) is 5.32 Å². The molecule has 3 unspecified atom stereocenters. The predicted molar refractivity (Wildman–Crippen MR) is 63.8 cm³/mol. The summed E-state index contributed by atoms with van der Waals surface area (Å²) in [4.78, 5) is 11.9. The molecule has 1 saturated carbocycles. The van der Waals surface area contributed by atoms with Crippen LogP contribution in [0.3, 0.4) is 0 Å². The zero-order chi connectivity index (χ0) is 12.3. The second-order valence-corrected chi connectivity index (χ2v) is 5.58. The summed E-state index contributed by atoms with van der Waals surface area (Å²) >= 11 is 0. The molecule has 0 aromatic heterocycles. The average molecular weight is 228 g/mol. The van der Waals surface area contributed by atoms with E-state index < -0.39 is 6.10 Å². The van der Waals surface area contributed by atoms with E-state index in [0.717, 1.165) is 19.3 Å². The number of nitrogens with one attached hydrogen (secondary N) is 1. The second kappa shape index (κ2) is 5.15. The second-order valence-electron chi connectivity index (χ2n) is 5.58. The molecule has 16 heavy (non-hydrogen) atoms. The van der Waals surface area contributed by atoms with E-state index in [9.17, 15) is 9.90 Å². The van der Waals surface area contributed by atoms with Gasteiger partial charge in [0.1, 0.15) is 0 Å². The number of carbonyl (C=O) groups excluding carboxylic acids is 1. The van der Waals surface area contributed by atoms with E-state index in [0.29, 0.717) is 6.54 Å². The molecule has 1 fully saturated rings. The van der Waals surface area contributed by atoms with Crippen LogP contribution in [0.4, 0.5) is 0 Å². The minimum absolute atomic E-state index is 0.0820. The van der Waals surface area contributed by atoms with Gasteiger partial charge in [-0.25, -0.2) is 0 Å². The standard InChI is InChI=1S/C12H24N2O2/c1-8(15)10(13)7-14-11(16)9-5-4-6-12(9,2)3/h8-10,15H,4-7,13H2,1-3H3,(H,14,16). The molecular weight excluding hydrogens is 204 g/mol. The maximum absolute atomic E-state index is 11.9. The van der Waals surface area contributed by atoms with Crippen LogP contribution in [0.2, 0.25) is 0 Å². The van der Waals surface area contributed by atoms with Gasteiger partial charge in [-0.15, -0.1) is 0 Å². The smallest absolute Gasteiger partial charge is 0.223 e. The van der Waals surface area contributed by atoms with Crippen LogP contribution in [-0.4, -0.2) is 29.7 Å². The van der Waals surface area contributed by atoms with E-state index in [4.69, 9.17) is 5.73 Å². The molecule has 1 aliphatic rings. The van der Waals surface area contributed by atoms with Gasteiger partial charge in [0.05, 0.1) is 6.10 Å². The van der Waals surface area contributed by atoms with Gasteiger partial charge in [0.15, 0.2) is 0 Å². The largest absolute Gasteiger partial charge is 0.392 e. The van der Waals surface area contributed by atoms with E-state index >= 15 is 0 Å². The lowest BCUT2D eigenvalue weighted by Crippen LogP contribution is -2.46. The minimum Gasteiger partial charge on any atom is -0.392 e. The van der Waals surface area contributed by atoms with Gasteiger partial charge in [-0.1, -0.05) is 20.3 Å². The van der Waals surface area contributed by atoms with Gasteiger partial charge in [-0.05, 0) is 25.2 Å². The highest BCUT2D eigenvalue weighted by Gasteiger charge is 2.39. The van der Waals surface area contributed by atoms with Crippen molar-refractivity contribution < 1.29 is 9.90 Å². The fraction of sp³-hybridized carbons (Fsp3) is 0.917. The summed E-state index contributed by atoms with van der Waals surface area (Å²) in [5.41, 5.74) is 5.76. The summed E-state index contributed by atoms with van der Waals surface area (Å²) in [6.07, 6.45) is 2.60. The van der Waals surface area contributed by atoms with Crippen LogP contribution in [0, 0.1) is 11.3 Å². The van der Waals surface area contributed by atoms with Gasteiger partial charge < -0.3 is 16.2 Å². The number of amides is 1. The molecule has 94 valence electrons. The zero-order valence-electron chi connectivity index (χ0n) is 10.5. The lowest BCUT2D eigenvalue weighted by atomic mass is 9.81. The summed E-state index contributed by atoms with van der Waals surface area (Å²) < 4.78 is 0. The lowest BCUT2D eigenvalue weighted by Gasteiger charge is -2.26. The van der Waals surface area contributed by atoms with E-state index in [2.05, 4.69) is 19.2 Å². The van der Waals surface area contributed by atoms with E-state index in [1.165, 1.54) is 0 Å². The molecule has 0 bridgehead atoms. The molecule has 0 aliphatic heterocycles. The molecule has 0 radical (unpaired) electrons. The SMILES string of the molecule is CC(O)C(N)CNC(=O)C1CCCC1(C)C. The monoisotopic (exact) mass is 228 g/mol. The highest BCUT2D eigenvalue weighted by molar-refractivity contribution is 5.79. The normalized spacial score (nSPS) is 27.4. The molecule has 4 heteroatoms. The first-order valence-electron chi connectivity index (χ1n) is 6.06. The Kier molecular flexibility index (Phi) is 4.33. The first-order valence-corrected chi connectivity index (χ1v) is 6.06. The number of rotatable bonds is 4. The average Bonchev–Trinajstić information content (AvgIpc) is 2.53. The molecule has 4 nitrogen and oxygen atoms in total. The Labute approximate surface area is 97.6 Å². The molecule has 1 rings (SSSR count). The Hall–Kier alpha value is -0.610. The third-order valence-electron chi connectivity index (χ3n) is 3.71. The van der Waals surface area contributed by atoms with Crippen LogP contribution in [0.1, 0.15) is 40.0 Å². The van der Waals surface area contributed by atoms with Crippen LogP contribution >= 0.6 is 0 Å². The molecule has 1 aliphatic carbocycles. The fourth-order valence-electron chi connectivity index (χ4n) is 2.32. The maximum Gasteiger partial charge on any atom is 0.223 e. The Morgan fingerprint density at radius 3 is 2.69 bits per heavy atom. The van der Waals surface area contributed by atoms with Crippen molar-refractivity contribution in [2.45, 2.75) is 52.2 Å². The molecule has 0 saturated heterocycles. The zero-order valence-corrected chi connectivity index (χ0v) is 10.5. The van der Waals surface area contributed by atoms with Crippen molar-refractivity contribution in [3.05, 3.63) is 0 Å². The van der Waals surface area contributed by atoms with E-state index in [-0.39, 0.29) is 23.3 Å². The molecular formula is C12H24N2O2. The van der Waals surface area contributed by atoms with Crippen molar-refractivity contribution in [3.8, 4) is 0 Å². The van der Waals surface area contributed by atoms with E-state index in [1.54, 1.807) is 6.92 Å². The molecule has 1 amide bonds. The summed E-state index contributed by atoms with van der Waals surface area (Å²) in [7, 11) is 0. The van der Waals surface area contributed by atoms with Crippen molar-refractivity contribution in [2.75, 3.05) is 6.54 Å². The number of hydrogen-bond donors (Lipinski definition) is 3. The predicted octanol–water partition coefficient (Wildman–Crippen LogP) is 0.637. The molecule has 0 aromatic carbocycles. The Balaban J connectivity index is 2.41. The Bertz CT molecular complexity index is 251. The molecule has 3 atom stereocenters. The molecule has 4 N–H and O–H groups in total. The summed E-state index contributed by atoms with van der Waals surface area (Å²) in [6.45, 7) is 6.26. The van der Waals surface area contributed by atoms with Crippen molar-refractivity contribution in [1.29, 1.82) is 0 Å². The summed E-state index contributed by atoms with van der Waals surface area (Å²) in [5, 5.41) is 12.1. The summed E-state index contributed by atoms with van der Waals surface area (Å²) in [6, 6.07) is -0.381. The molecule has 0 heterocycles. The molecule has 0 aromatic rings. The van der Waals surface area contributed by atoms with Crippen LogP contribution in [0.25, 0.3) is 0 Å². The van der Waals surface area contributed by atoms with Gasteiger partial charge in [0.25, 0.3) is 0 Å². The lowest BCUT2D eigenvalue weighted by molar-refractivity contribution is -0.127.